The van der Waals surface area contributed by atoms with Gasteiger partial charge in [-0.2, -0.15) is 0 Å². The summed E-state index contributed by atoms with van der Waals surface area (Å²) in [6, 6.07) is 5.77. The smallest absolute Gasteiger partial charge is 0.126 e. The van der Waals surface area contributed by atoms with Crippen molar-refractivity contribution in [1.82, 2.24) is 4.90 Å². The lowest BCUT2D eigenvalue weighted by atomic mass is 9.80. The predicted octanol–water partition coefficient (Wildman–Crippen LogP) is 10.2. The molecule has 1 aliphatic heterocycles. The molecule has 0 amide bonds. The van der Waals surface area contributed by atoms with Gasteiger partial charge in [-0.1, -0.05) is 88.8 Å². The van der Waals surface area contributed by atoms with E-state index in [-0.39, 0.29) is 5.82 Å². The molecule has 1 aromatic carbocycles. The molecule has 1 heterocycles. The molecule has 2 aliphatic rings. The molecule has 1 nitrogen and oxygen atoms in total. The van der Waals surface area contributed by atoms with Gasteiger partial charge in [0.2, 0.25) is 0 Å². The van der Waals surface area contributed by atoms with Gasteiger partial charge in [0.25, 0.3) is 0 Å². The van der Waals surface area contributed by atoms with Crippen LogP contribution in [0.1, 0.15) is 79.4 Å². The van der Waals surface area contributed by atoms with Crippen LogP contribution in [0.3, 0.4) is 0 Å². The first-order chi connectivity index (χ1) is 18.0. The number of likely N-dealkylation sites (N-methyl/N-ethyl adjacent to an activating group) is 1. The Hall–Kier alpha value is -2.87. The predicted molar refractivity (Wildman–Crippen MR) is 166 cm³/mol. The van der Waals surface area contributed by atoms with Gasteiger partial charge in [0, 0.05) is 7.05 Å². The molecule has 0 bridgehead atoms. The van der Waals surface area contributed by atoms with Crippen molar-refractivity contribution in [2.24, 2.45) is 11.8 Å². The Morgan fingerprint density at radius 2 is 1.87 bits per heavy atom. The van der Waals surface area contributed by atoms with Gasteiger partial charge < -0.3 is 4.90 Å². The summed E-state index contributed by atoms with van der Waals surface area (Å²) in [6.07, 6.45) is 20.9. The van der Waals surface area contributed by atoms with Crippen molar-refractivity contribution < 1.29 is 4.39 Å². The van der Waals surface area contributed by atoms with Gasteiger partial charge in [-0.25, -0.2) is 4.39 Å². The van der Waals surface area contributed by atoms with Gasteiger partial charge in [-0.05, 0) is 116 Å². The third-order valence-electron chi connectivity index (χ3n) is 7.52. The fourth-order valence-corrected chi connectivity index (χ4v) is 5.07. The Bertz CT molecular complexity index is 1160. The number of hydrogen-bond acceptors (Lipinski definition) is 1. The van der Waals surface area contributed by atoms with E-state index in [9.17, 15) is 4.39 Å². The highest BCUT2D eigenvalue weighted by atomic mass is 19.1. The molecular formula is C36H50FN. The van der Waals surface area contributed by atoms with Crippen LogP contribution in [-0.4, -0.2) is 18.0 Å². The Morgan fingerprint density at radius 1 is 1.16 bits per heavy atom. The van der Waals surface area contributed by atoms with Crippen molar-refractivity contribution in [3.05, 3.63) is 117 Å². The zero-order valence-corrected chi connectivity index (χ0v) is 25.5. The average Bonchev–Trinajstić information content (AvgIpc) is 3.33. The molecule has 0 saturated carbocycles. The molecule has 3 rings (SSSR count). The number of hydrogen-bond donors (Lipinski definition) is 0. The van der Waals surface area contributed by atoms with Crippen LogP contribution >= 0.6 is 0 Å². The lowest BCUT2D eigenvalue weighted by Gasteiger charge is -2.36. The summed E-state index contributed by atoms with van der Waals surface area (Å²) in [5.74, 6) is 1.10. The maximum absolute atomic E-state index is 12.9. The van der Waals surface area contributed by atoms with E-state index in [1.165, 1.54) is 39.9 Å². The largest absolute Gasteiger partial charge is 0.373 e. The molecule has 206 valence electrons. The molecule has 1 aliphatic carbocycles. The van der Waals surface area contributed by atoms with Crippen LogP contribution in [0.5, 0.6) is 0 Å². The maximum Gasteiger partial charge on any atom is 0.126 e. The fourth-order valence-electron chi connectivity index (χ4n) is 5.07. The molecule has 1 unspecified atom stereocenters. The quantitative estimate of drug-likeness (QED) is 0.349. The molecule has 0 spiro atoms. The monoisotopic (exact) mass is 515 g/mol. The molecule has 1 atom stereocenters. The van der Waals surface area contributed by atoms with Crippen molar-refractivity contribution in [3.63, 3.8) is 0 Å². The zero-order chi connectivity index (χ0) is 28.4. The number of rotatable bonds is 7. The fraction of sp³-hybridized carbons (Fsp3) is 0.444. The molecule has 0 N–H and O–H groups in total. The summed E-state index contributed by atoms with van der Waals surface area (Å²) < 4.78 is 12.9. The van der Waals surface area contributed by atoms with Crippen LogP contribution < -0.4 is 0 Å². The molecule has 1 aromatic rings. The van der Waals surface area contributed by atoms with E-state index < -0.39 is 0 Å². The molecular weight excluding hydrogens is 465 g/mol. The van der Waals surface area contributed by atoms with Gasteiger partial charge in [0.1, 0.15) is 5.82 Å². The minimum atomic E-state index is -0.0810. The van der Waals surface area contributed by atoms with Crippen LogP contribution in [0.25, 0.3) is 0 Å². The summed E-state index contributed by atoms with van der Waals surface area (Å²) in [5, 5.41) is 0. The van der Waals surface area contributed by atoms with Crippen LogP contribution in [0.2, 0.25) is 0 Å². The molecule has 0 radical (unpaired) electrons. The van der Waals surface area contributed by atoms with Crippen LogP contribution in [0.15, 0.2) is 100 Å². The van der Waals surface area contributed by atoms with Crippen molar-refractivity contribution in [2.75, 3.05) is 7.05 Å². The highest BCUT2D eigenvalue weighted by Crippen LogP contribution is 2.39. The molecule has 0 fully saturated rings. The van der Waals surface area contributed by atoms with Crippen LogP contribution in [0.4, 0.5) is 4.39 Å². The Kier molecular flexibility index (Phi) is 12.3. The molecule has 0 aromatic heterocycles. The van der Waals surface area contributed by atoms with Gasteiger partial charge in [-0.15, -0.1) is 0 Å². The van der Waals surface area contributed by atoms with E-state index in [4.69, 9.17) is 0 Å². The number of aryl methyl sites for hydroxylation is 2. The number of nitrogens with zero attached hydrogens (tertiary/aromatic N) is 1. The Morgan fingerprint density at radius 3 is 2.45 bits per heavy atom. The van der Waals surface area contributed by atoms with Crippen molar-refractivity contribution >= 4 is 0 Å². The first kappa shape index (κ1) is 31.3. The lowest BCUT2D eigenvalue weighted by molar-refractivity contribution is 0.317. The van der Waals surface area contributed by atoms with E-state index in [0.29, 0.717) is 17.9 Å². The standard InChI is InChI=1S/C27H39N.C9H11F/c1-9-10-13-23-14-11-15-24(23)22(7)27(21(6)20(4)5)25-16-12-17-28(8)26(25)18-19(2)3;1-3-8-5-4-7(2)6-9(8)10/h9-13,15-17,19-20,26H,14,18H2,1-8H3;4-6H,3H2,1-2H3/b10-9?,23-13-,24-22+,27-21-;. The normalized spacial score (nSPS) is 20.3. The van der Waals surface area contributed by atoms with Crippen molar-refractivity contribution in [1.29, 1.82) is 0 Å². The number of benzene rings is 1. The molecule has 0 saturated heterocycles. The van der Waals surface area contributed by atoms with E-state index in [1.54, 1.807) is 6.07 Å². The minimum Gasteiger partial charge on any atom is -0.373 e. The van der Waals surface area contributed by atoms with Gasteiger partial charge in [-0.3, -0.25) is 0 Å². The topological polar surface area (TPSA) is 3.24 Å². The SMILES string of the molecule is CC=C/C=C1/CC=C/C1=C(C)\C(C1=CC=CN(C)C1CC(C)C)=C(/C)C(C)C.CCc1ccc(C)cc1F. The summed E-state index contributed by atoms with van der Waals surface area (Å²) in [5.41, 5.74) is 10.4. The van der Waals surface area contributed by atoms with Crippen LogP contribution in [-0.2, 0) is 6.42 Å². The molecule has 38 heavy (non-hydrogen) atoms. The summed E-state index contributed by atoms with van der Waals surface area (Å²) in [7, 11) is 2.22. The summed E-state index contributed by atoms with van der Waals surface area (Å²) in [4.78, 5) is 2.39. The summed E-state index contributed by atoms with van der Waals surface area (Å²) >= 11 is 0. The van der Waals surface area contributed by atoms with Gasteiger partial charge in [0.05, 0.1) is 6.04 Å². The van der Waals surface area contributed by atoms with E-state index in [2.05, 4.69) is 109 Å². The highest BCUT2D eigenvalue weighted by molar-refractivity contribution is 5.62. The molecule has 2 heteroatoms. The van der Waals surface area contributed by atoms with E-state index >= 15 is 0 Å². The third kappa shape index (κ3) is 8.32. The third-order valence-corrected chi connectivity index (χ3v) is 7.52. The zero-order valence-electron chi connectivity index (χ0n) is 25.5. The van der Waals surface area contributed by atoms with Gasteiger partial charge in [0.15, 0.2) is 0 Å². The second kappa shape index (κ2) is 14.9. The number of halogens is 1. The Labute approximate surface area is 232 Å². The second-order valence-corrected chi connectivity index (χ2v) is 11.3. The van der Waals surface area contributed by atoms with Gasteiger partial charge >= 0.3 is 0 Å². The summed E-state index contributed by atoms with van der Waals surface area (Å²) in [6.45, 7) is 19.8. The average molecular weight is 516 g/mol. The van der Waals surface area contributed by atoms with E-state index in [1.807, 2.05) is 26.0 Å². The lowest BCUT2D eigenvalue weighted by Crippen LogP contribution is -2.33. The van der Waals surface area contributed by atoms with Crippen molar-refractivity contribution in [2.45, 2.75) is 87.6 Å². The maximum atomic E-state index is 12.9. The van der Waals surface area contributed by atoms with Crippen molar-refractivity contribution in [3.8, 4) is 0 Å². The first-order valence-corrected chi connectivity index (χ1v) is 14.3. The first-order valence-electron chi connectivity index (χ1n) is 14.3. The van der Waals surface area contributed by atoms with E-state index in [0.717, 1.165) is 24.0 Å². The second-order valence-electron chi connectivity index (χ2n) is 11.3. The Balaban J connectivity index is 0.000000423. The number of allylic oxidation sites excluding steroid dienone is 11. The minimum absolute atomic E-state index is 0.0810. The van der Waals surface area contributed by atoms with Crippen LogP contribution in [0, 0.1) is 24.6 Å². The highest BCUT2D eigenvalue weighted by Gasteiger charge is 2.27.